The summed E-state index contributed by atoms with van der Waals surface area (Å²) in [5, 5.41) is 3.34. The lowest BCUT2D eigenvalue weighted by Gasteiger charge is -2.20. The maximum Gasteiger partial charge on any atom is 0.0700 e. The smallest absolute Gasteiger partial charge is 0.0700 e. The average Bonchev–Trinajstić information content (AvgIpc) is 2.31. The van der Waals surface area contributed by atoms with Gasteiger partial charge in [-0.1, -0.05) is 13.8 Å². The Balaban J connectivity index is 3.26. The van der Waals surface area contributed by atoms with E-state index in [9.17, 15) is 0 Å². The number of hydrogen-bond donors (Lipinski definition) is 1. The number of nitrogens with zero attached hydrogens (tertiary/aromatic N) is 1. The second-order valence-electron chi connectivity index (χ2n) is 3.75. The van der Waals surface area contributed by atoms with E-state index in [0.717, 1.165) is 45.8 Å². The number of nitrogens with one attached hydrogen (secondary N) is 1. The highest BCUT2D eigenvalue weighted by Crippen LogP contribution is 1.91. The van der Waals surface area contributed by atoms with Crippen molar-refractivity contribution in [3.05, 3.63) is 0 Å². The Hall–Kier alpha value is -0.160. The topological polar surface area (TPSA) is 33.7 Å². The van der Waals surface area contributed by atoms with E-state index in [1.807, 2.05) is 0 Å². The molecule has 0 atom stereocenters. The van der Waals surface area contributed by atoms with Crippen molar-refractivity contribution in [2.75, 3.05) is 59.7 Å². The molecule has 0 aliphatic heterocycles. The molecular weight excluding hydrogens is 204 g/mol. The third kappa shape index (κ3) is 10.4. The number of ether oxygens (including phenoxy) is 2. The Labute approximate surface area is 100 Å². The summed E-state index contributed by atoms with van der Waals surface area (Å²) in [4.78, 5) is 2.45. The molecule has 0 heterocycles. The van der Waals surface area contributed by atoms with Crippen molar-refractivity contribution in [3.8, 4) is 0 Å². The molecule has 0 radical (unpaired) electrons. The first-order valence-electron chi connectivity index (χ1n) is 6.34. The minimum Gasteiger partial charge on any atom is -0.382 e. The fourth-order valence-corrected chi connectivity index (χ4v) is 1.48. The van der Waals surface area contributed by atoms with Crippen LogP contribution in [0, 0.1) is 0 Å². The lowest BCUT2D eigenvalue weighted by Crippen LogP contribution is -2.33. The van der Waals surface area contributed by atoms with Gasteiger partial charge in [0.2, 0.25) is 0 Å². The SMILES string of the molecule is CCNCCN(CC)CCCOCCOC. The van der Waals surface area contributed by atoms with Gasteiger partial charge in [0.05, 0.1) is 13.2 Å². The standard InChI is InChI=1S/C12H28N2O2/c1-4-13-7-9-14(5-2)8-6-10-16-12-11-15-3/h13H,4-12H2,1-3H3. The first-order valence-corrected chi connectivity index (χ1v) is 6.34. The lowest BCUT2D eigenvalue weighted by molar-refractivity contribution is 0.0655. The van der Waals surface area contributed by atoms with Crippen molar-refractivity contribution in [2.45, 2.75) is 20.3 Å². The summed E-state index contributed by atoms with van der Waals surface area (Å²) >= 11 is 0. The highest BCUT2D eigenvalue weighted by atomic mass is 16.5. The van der Waals surface area contributed by atoms with Crippen molar-refractivity contribution < 1.29 is 9.47 Å². The van der Waals surface area contributed by atoms with Gasteiger partial charge >= 0.3 is 0 Å². The Morgan fingerprint density at radius 3 is 2.50 bits per heavy atom. The molecule has 0 aromatic rings. The van der Waals surface area contributed by atoms with E-state index in [0.29, 0.717) is 13.2 Å². The normalized spacial score (nSPS) is 11.2. The lowest BCUT2D eigenvalue weighted by atomic mass is 10.4. The van der Waals surface area contributed by atoms with Gasteiger partial charge in [-0.3, -0.25) is 0 Å². The monoisotopic (exact) mass is 232 g/mol. The van der Waals surface area contributed by atoms with Gasteiger partial charge in [0, 0.05) is 33.4 Å². The van der Waals surface area contributed by atoms with E-state index in [1.54, 1.807) is 7.11 Å². The Morgan fingerprint density at radius 1 is 1.06 bits per heavy atom. The molecule has 4 heteroatoms. The van der Waals surface area contributed by atoms with Crippen LogP contribution in [0.1, 0.15) is 20.3 Å². The fraction of sp³-hybridized carbons (Fsp3) is 1.00. The molecule has 0 spiro atoms. The van der Waals surface area contributed by atoms with Crippen LogP contribution in [0.2, 0.25) is 0 Å². The van der Waals surface area contributed by atoms with Gasteiger partial charge in [0.25, 0.3) is 0 Å². The van der Waals surface area contributed by atoms with E-state index < -0.39 is 0 Å². The second kappa shape index (κ2) is 12.9. The van der Waals surface area contributed by atoms with Crippen molar-refractivity contribution in [3.63, 3.8) is 0 Å². The van der Waals surface area contributed by atoms with Crippen LogP contribution in [0.15, 0.2) is 0 Å². The molecule has 0 aliphatic carbocycles. The summed E-state index contributed by atoms with van der Waals surface area (Å²) in [7, 11) is 1.70. The zero-order chi connectivity index (χ0) is 12.1. The van der Waals surface area contributed by atoms with Crippen molar-refractivity contribution in [1.82, 2.24) is 10.2 Å². The van der Waals surface area contributed by atoms with Crippen LogP contribution in [-0.2, 0) is 9.47 Å². The average molecular weight is 232 g/mol. The van der Waals surface area contributed by atoms with E-state index in [2.05, 4.69) is 24.1 Å². The third-order valence-electron chi connectivity index (χ3n) is 2.50. The van der Waals surface area contributed by atoms with Crippen LogP contribution in [0.5, 0.6) is 0 Å². The van der Waals surface area contributed by atoms with Crippen molar-refractivity contribution in [2.24, 2.45) is 0 Å². The predicted molar refractivity (Wildman–Crippen MR) is 68.0 cm³/mol. The maximum atomic E-state index is 5.43. The summed E-state index contributed by atoms with van der Waals surface area (Å²) in [6.07, 6.45) is 1.10. The van der Waals surface area contributed by atoms with Gasteiger partial charge in [-0.05, 0) is 19.5 Å². The molecule has 0 bridgehead atoms. The number of hydrogen-bond acceptors (Lipinski definition) is 4. The highest BCUT2D eigenvalue weighted by Gasteiger charge is 2.00. The van der Waals surface area contributed by atoms with Crippen LogP contribution in [0.4, 0.5) is 0 Å². The summed E-state index contributed by atoms with van der Waals surface area (Å²) in [6.45, 7) is 12.1. The minimum absolute atomic E-state index is 0.692. The maximum absolute atomic E-state index is 5.43. The predicted octanol–water partition coefficient (Wildman–Crippen LogP) is 0.971. The fourth-order valence-electron chi connectivity index (χ4n) is 1.48. The Bertz CT molecular complexity index is 134. The molecule has 98 valence electrons. The molecule has 0 aromatic carbocycles. The zero-order valence-electron chi connectivity index (χ0n) is 11.1. The van der Waals surface area contributed by atoms with Gasteiger partial charge in [-0.2, -0.15) is 0 Å². The molecule has 4 nitrogen and oxygen atoms in total. The molecule has 0 amide bonds. The van der Waals surface area contributed by atoms with Crippen LogP contribution >= 0.6 is 0 Å². The molecule has 0 aromatic heterocycles. The van der Waals surface area contributed by atoms with E-state index >= 15 is 0 Å². The first kappa shape index (κ1) is 15.8. The molecule has 1 N–H and O–H groups in total. The molecule has 0 fully saturated rings. The molecule has 0 unspecified atom stereocenters. The van der Waals surface area contributed by atoms with Gasteiger partial charge < -0.3 is 19.7 Å². The Morgan fingerprint density at radius 2 is 1.88 bits per heavy atom. The minimum atomic E-state index is 0.692. The van der Waals surface area contributed by atoms with Gasteiger partial charge in [0.15, 0.2) is 0 Å². The summed E-state index contributed by atoms with van der Waals surface area (Å²) < 4.78 is 10.3. The van der Waals surface area contributed by atoms with Crippen LogP contribution in [0.3, 0.4) is 0 Å². The molecule has 0 saturated heterocycles. The van der Waals surface area contributed by atoms with E-state index in [1.165, 1.54) is 0 Å². The summed E-state index contributed by atoms with van der Waals surface area (Å²) in [6, 6.07) is 0. The van der Waals surface area contributed by atoms with Crippen molar-refractivity contribution >= 4 is 0 Å². The summed E-state index contributed by atoms with van der Waals surface area (Å²) in [5.41, 5.74) is 0. The largest absolute Gasteiger partial charge is 0.382 e. The van der Waals surface area contributed by atoms with Gasteiger partial charge in [0.1, 0.15) is 0 Å². The number of likely N-dealkylation sites (N-methyl/N-ethyl adjacent to an activating group) is 2. The molecule has 0 rings (SSSR count). The quantitative estimate of drug-likeness (QED) is 0.508. The number of rotatable bonds is 12. The molecule has 0 saturated carbocycles. The molecular formula is C12H28N2O2. The van der Waals surface area contributed by atoms with Crippen LogP contribution < -0.4 is 5.32 Å². The molecule has 16 heavy (non-hydrogen) atoms. The second-order valence-corrected chi connectivity index (χ2v) is 3.75. The molecule has 0 aliphatic rings. The van der Waals surface area contributed by atoms with E-state index in [-0.39, 0.29) is 0 Å². The summed E-state index contributed by atoms with van der Waals surface area (Å²) in [5.74, 6) is 0. The zero-order valence-corrected chi connectivity index (χ0v) is 11.1. The van der Waals surface area contributed by atoms with Crippen LogP contribution in [-0.4, -0.2) is 64.6 Å². The van der Waals surface area contributed by atoms with Gasteiger partial charge in [-0.15, -0.1) is 0 Å². The van der Waals surface area contributed by atoms with Gasteiger partial charge in [-0.25, -0.2) is 0 Å². The van der Waals surface area contributed by atoms with Crippen LogP contribution in [0.25, 0.3) is 0 Å². The highest BCUT2D eigenvalue weighted by molar-refractivity contribution is 4.57. The first-order chi connectivity index (χ1) is 7.85. The Kier molecular flexibility index (Phi) is 12.8. The van der Waals surface area contributed by atoms with E-state index in [4.69, 9.17) is 9.47 Å². The number of methoxy groups -OCH3 is 1. The third-order valence-corrected chi connectivity index (χ3v) is 2.50. The van der Waals surface area contributed by atoms with Crippen molar-refractivity contribution in [1.29, 1.82) is 0 Å².